The number of halogens is 1. The van der Waals surface area contributed by atoms with Crippen molar-refractivity contribution < 1.29 is 5.11 Å². The molecule has 0 aliphatic carbocycles. The maximum Gasteiger partial charge on any atom is 0.106 e. The van der Waals surface area contributed by atoms with Crippen LogP contribution in [0, 0.1) is 0 Å². The van der Waals surface area contributed by atoms with Crippen molar-refractivity contribution in [3.63, 3.8) is 0 Å². The van der Waals surface area contributed by atoms with Crippen LogP contribution >= 0.6 is 11.6 Å². The fourth-order valence-electron chi connectivity index (χ4n) is 1.61. The highest BCUT2D eigenvalue weighted by atomic mass is 35.5. The Kier molecular flexibility index (Phi) is 3.13. The Balaban J connectivity index is 2.42. The number of aliphatic hydroxyl groups is 1. The van der Waals surface area contributed by atoms with Crippen molar-refractivity contribution in [2.24, 2.45) is 0 Å². The Morgan fingerprint density at radius 1 is 1.00 bits per heavy atom. The Hall–Kier alpha value is -1.51. The zero-order chi connectivity index (χ0) is 11.5. The van der Waals surface area contributed by atoms with Gasteiger partial charge in [0, 0.05) is 5.56 Å². The average Bonchev–Trinajstić information content (AvgIpc) is 2.33. The maximum atomic E-state index is 10.2. The van der Waals surface area contributed by atoms with Gasteiger partial charge in [0.15, 0.2) is 0 Å². The number of aliphatic hydroxyl groups excluding tert-OH is 1. The van der Waals surface area contributed by atoms with Crippen LogP contribution < -0.4 is 5.73 Å². The number of anilines is 1. The van der Waals surface area contributed by atoms with Gasteiger partial charge in [0.1, 0.15) is 6.10 Å². The summed E-state index contributed by atoms with van der Waals surface area (Å²) in [6, 6.07) is 14.6. The zero-order valence-corrected chi connectivity index (χ0v) is 9.35. The Bertz CT molecular complexity index is 485. The van der Waals surface area contributed by atoms with Crippen molar-refractivity contribution in [2.75, 3.05) is 5.73 Å². The third-order valence-electron chi connectivity index (χ3n) is 2.50. The Morgan fingerprint density at radius 2 is 1.69 bits per heavy atom. The predicted octanol–water partition coefficient (Wildman–Crippen LogP) is 3.00. The van der Waals surface area contributed by atoms with Gasteiger partial charge in [0.25, 0.3) is 0 Å². The highest BCUT2D eigenvalue weighted by Crippen LogP contribution is 2.30. The smallest absolute Gasteiger partial charge is 0.106 e. The molecule has 2 aromatic rings. The first-order valence-corrected chi connectivity index (χ1v) is 5.35. The second kappa shape index (κ2) is 4.56. The van der Waals surface area contributed by atoms with Gasteiger partial charge in [-0.3, -0.25) is 0 Å². The van der Waals surface area contributed by atoms with Gasteiger partial charge >= 0.3 is 0 Å². The molecule has 2 aromatic carbocycles. The van der Waals surface area contributed by atoms with Crippen molar-refractivity contribution in [3.05, 3.63) is 64.7 Å². The standard InChI is InChI=1S/C13H12ClNO/c14-11-8-4-7-10(12(11)15)13(16)9-5-2-1-3-6-9/h1-8,13,16H,15H2. The third kappa shape index (κ3) is 2.03. The minimum atomic E-state index is -0.736. The minimum absolute atomic E-state index is 0.431. The van der Waals surface area contributed by atoms with E-state index in [4.69, 9.17) is 17.3 Å². The third-order valence-corrected chi connectivity index (χ3v) is 2.83. The van der Waals surface area contributed by atoms with Gasteiger partial charge in [-0.25, -0.2) is 0 Å². The molecule has 0 aliphatic rings. The summed E-state index contributed by atoms with van der Waals surface area (Å²) in [5.74, 6) is 0. The molecule has 16 heavy (non-hydrogen) atoms. The topological polar surface area (TPSA) is 46.2 Å². The lowest BCUT2D eigenvalue weighted by Crippen LogP contribution is -2.03. The first kappa shape index (κ1) is 11.0. The lowest BCUT2D eigenvalue weighted by molar-refractivity contribution is 0.221. The number of benzene rings is 2. The van der Waals surface area contributed by atoms with E-state index >= 15 is 0 Å². The molecule has 0 aliphatic heterocycles. The van der Waals surface area contributed by atoms with E-state index in [0.29, 0.717) is 16.3 Å². The van der Waals surface area contributed by atoms with Crippen molar-refractivity contribution in [2.45, 2.75) is 6.10 Å². The summed E-state index contributed by atoms with van der Waals surface area (Å²) >= 11 is 5.91. The number of nitrogens with two attached hydrogens (primary N) is 1. The van der Waals surface area contributed by atoms with E-state index in [1.54, 1.807) is 18.2 Å². The fourth-order valence-corrected chi connectivity index (χ4v) is 1.79. The first-order chi connectivity index (χ1) is 7.70. The summed E-state index contributed by atoms with van der Waals surface area (Å²) in [5, 5.41) is 10.6. The van der Waals surface area contributed by atoms with Gasteiger partial charge in [-0.1, -0.05) is 54.1 Å². The van der Waals surface area contributed by atoms with Gasteiger partial charge in [-0.2, -0.15) is 0 Å². The number of rotatable bonds is 2. The van der Waals surface area contributed by atoms with Gasteiger partial charge < -0.3 is 10.8 Å². The molecule has 0 fully saturated rings. The monoisotopic (exact) mass is 233 g/mol. The van der Waals surface area contributed by atoms with Crippen LogP contribution in [-0.4, -0.2) is 5.11 Å². The lowest BCUT2D eigenvalue weighted by Gasteiger charge is -2.14. The van der Waals surface area contributed by atoms with E-state index in [0.717, 1.165) is 5.56 Å². The van der Waals surface area contributed by atoms with Gasteiger partial charge in [-0.05, 0) is 11.6 Å². The molecular weight excluding hydrogens is 222 g/mol. The molecule has 0 bridgehead atoms. The molecule has 0 aromatic heterocycles. The summed E-state index contributed by atoms with van der Waals surface area (Å²) in [7, 11) is 0. The summed E-state index contributed by atoms with van der Waals surface area (Å²) in [5.41, 5.74) is 7.70. The van der Waals surface area contributed by atoms with Crippen LogP contribution in [-0.2, 0) is 0 Å². The van der Waals surface area contributed by atoms with Crippen LogP contribution in [0.5, 0.6) is 0 Å². The second-order valence-corrected chi connectivity index (χ2v) is 3.96. The summed E-state index contributed by atoms with van der Waals surface area (Å²) in [6.45, 7) is 0. The fraction of sp³-hybridized carbons (Fsp3) is 0.0769. The first-order valence-electron chi connectivity index (χ1n) is 4.97. The molecule has 0 amide bonds. The van der Waals surface area contributed by atoms with Gasteiger partial charge in [-0.15, -0.1) is 0 Å². The molecule has 0 spiro atoms. The van der Waals surface area contributed by atoms with Gasteiger partial charge in [0.05, 0.1) is 10.7 Å². The molecule has 2 nitrogen and oxygen atoms in total. The molecular formula is C13H12ClNO. The average molecular weight is 234 g/mol. The van der Waals surface area contributed by atoms with Crippen molar-refractivity contribution >= 4 is 17.3 Å². The number of hydrogen-bond donors (Lipinski definition) is 2. The molecule has 1 atom stereocenters. The summed E-state index contributed by atoms with van der Waals surface area (Å²) < 4.78 is 0. The molecule has 0 radical (unpaired) electrons. The largest absolute Gasteiger partial charge is 0.397 e. The molecule has 2 rings (SSSR count). The van der Waals surface area contributed by atoms with E-state index < -0.39 is 6.10 Å². The summed E-state index contributed by atoms with van der Waals surface area (Å²) in [4.78, 5) is 0. The van der Waals surface area contributed by atoms with Crippen molar-refractivity contribution in [3.8, 4) is 0 Å². The minimum Gasteiger partial charge on any atom is -0.397 e. The molecule has 0 saturated heterocycles. The van der Waals surface area contributed by atoms with E-state index in [-0.39, 0.29) is 0 Å². The maximum absolute atomic E-state index is 10.2. The van der Waals surface area contributed by atoms with Crippen LogP contribution in [0.1, 0.15) is 17.2 Å². The second-order valence-electron chi connectivity index (χ2n) is 3.56. The predicted molar refractivity (Wildman–Crippen MR) is 66.4 cm³/mol. The highest BCUT2D eigenvalue weighted by molar-refractivity contribution is 6.33. The molecule has 3 heteroatoms. The van der Waals surface area contributed by atoms with Crippen molar-refractivity contribution in [1.82, 2.24) is 0 Å². The van der Waals surface area contributed by atoms with Crippen molar-refractivity contribution in [1.29, 1.82) is 0 Å². The number of hydrogen-bond acceptors (Lipinski definition) is 2. The van der Waals surface area contributed by atoms with Crippen LogP contribution in [0.25, 0.3) is 0 Å². The number of nitrogen functional groups attached to an aromatic ring is 1. The molecule has 0 saturated carbocycles. The Morgan fingerprint density at radius 3 is 2.38 bits per heavy atom. The summed E-state index contributed by atoms with van der Waals surface area (Å²) in [6.07, 6.45) is -0.736. The SMILES string of the molecule is Nc1c(Cl)cccc1C(O)c1ccccc1. The zero-order valence-electron chi connectivity index (χ0n) is 8.60. The van der Waals surface area contributed by atoms with Gasteiger partial charge in [0.2, 0.25) is 0 Å². The Labute approximate surface area is 99.3 Å². The van der Waals surface area contributed by atoms with E-state index in [2.05, 4.69) is 0 Å². The van der Waals surface area contributed by atoms with Crippen LogP contribution in [0.2, 0.25) is 5.02 Å². The van der Waals surface area contributed by atoms with E-state index in [9.17, 15) is 5.11 Å². The number of para-hydroxylation sites is 1. The van der Waals surface area contributed by atoms with E-state index in [1.807, 2.05) is 30.3 Å². The lowest BCUT2D eigenvalue weighted by atomic mass is 10.0. The van der Waals surface area contributed by atoms with E-state index in [1.165, 1.54) is 0 Å². The molecule has 3 N–H and O–H groups in total. The van der Waals surface area contributed by atoms with Crippen LogP contribution in [0.15, 0.2) is 48.5 Å². The van der Waals surface area contributed by atoms with Crippen LogP contribution in [0.4, 0.5) is 5.69 Å². The van der Waals surface area contributed by atoms with Crippen LogP contribution in [0.3, 0.4) is 0 Å². The highest BCUT2D eigenvalue weighted by Gasteiger charge is 2.14. The quantitative estimate of drug-likeness (QED) is 0.784. The molecule has 1 unspecified atom stereocenters. The molecule has 0 heterocycles. The normalized spacial score (nSPS) is 12.4. The molecule has 82 valence electrons.